The fourth-order valence-electron chi connectivity index (χ4n) is 3.04. The molecular formula is C21H25BrN4O2. The van der Waals surface area contributed by atoms with Gasteiger partial charge in [-0.3, -0.25) is 9.48 Å². The van der Waals surface area contributed by atoms with Crippen LogP contribution in [-0.4, -0.2) is 46.8 Å². The van der Waals surface area contributed by atoms with E-state index in [-0.39, 0.29) is 5.91 Å². The summed E-state index contributed by atoms with van der Waals surface area (Å²) >= 11 is 3.50. The summed E-state index contributed by atoms with van der Waals surface area (Å²) in [5.41, 5.74) is 0.844. The lowest BCUT2D eigenvalue weighted by atomic mass is 10.2. The lowest BCUT2D eigenvalue weighted by Crippen LogP contribution is -2.38. The van der Waals surface area contributed by atoms with Crippen LogP contribution in [0.3, 0.4) is 0 Å². The van der Waals surface area contributed by atoms with Crippen LogP contribution < -0.4 is 4.90 Å². The van der Waals surface area contributed by atoms with Crippen LogP contribution in [0.5, 0.6) is 0 Å². The highest BCUT2D eigenvalue weighted by Crippen LogP contribution is 2.23. The first-order valence-electron chi connectivity index (χ1n) is 9.46. The zero-order valence-electron chi connectivity index (χ0n) is 16.2. The summed E-state index contributed by atoms with van der Waals surface area (Å²) < 4.78 is 8.53. The van der Waals surface area contributed by atoms with Gasteiger partial charge in [0.05, 0.1) is 6.54 Å². The van der Waals surface area contributed by atoms with E-state index < -0.39 is 0 Å². The van der Waals surface area contributed by atoms with Gasteiger partial charge in [-0.15, -0.1) is 0 Å². The first kappa shape index (κ1) is 20.4. The lowest BCUT2D eigenvalue weighted by molar-refractivity contribution is 0.0955. The van der Waals surface area contributed by atoms with Crippen molar-refractivity contribution < 1.29 is 9.21 Å². The third-order valence-electron chi connectivity index (χ3n) is 4.65. The van der Waals surface area contributed by atoms with Crippen molar-refractivity contribution in [2.45, 2.75) is 20.4 Å². The Balaban J connectivity index is 1.80. The van der Waals surface area contributed by atoms with E-state index >= 15 is 0 Å². The molecule has 0 bridgehead atoms. The Bertz CT molecular complexity index is 887. The second-order valence-corrected chi connectivity index (χ2v) is 7.35. The quantitative estimate of drug-likeness (QED) is 0.494. The molecule has 0 N–H and O–H groups in total. The molecule has 0 unspecified atom stereocenters. The smallest absolute Gasteiger partial charge is 0.294 e. The molecule has 3 aromatic rings. The average Bonchev–Trinajstić information content (AvgIpc) is 3.37. The van der Waals surface area contributed by atoms with Gasteiger partial charge in [0.25, 0.3) is 5.91 Å². The largest absolute Gasteiger partial charge is 0.454 e. The highest BCUT2D eigenvalue weighted by Gasteiger charge is 2.22. The topological polar surface area (TPSA) is 54.5 Å². The second kappa shape index (κ2) is 9.71. The number of rotatable bonds is 9. The summed E-state index contributed by atoms with van der Waals surface area (Å²) in [4.78, 5) is 17.3. The number of carbonyl (C=O) groups excluding carboxylic acids is 1. The summed E-state index contributed by atoms with van der Waals surface area (Å²) in [5.74, 6) is 0.892. The molecule has 1 aromatic carbocycles. The van der Waals surface area contributed by atoms with E-state index in [9.17, 15) is 4.79 Å². The van der Waals surface area contributed by atoms with Gasteiger partial charge in [-0.1, -0.05) is 35.8 Å². The van der Waals surface area contributed by atoms with Crippen molar-refractivity contribution in [2.75, 3.05) is 31.1 Å². The van der Waals surface area contributed by atoms with Gasteiger partial charge in [0, 0.05) is 35.6 Å². The van der Waals surface area contributed by atoms with Gasteiger partial charge in [-0.05, 0) is 49.5 Å². The normalized spacial score (nSPS) is 11.1. The predicted molar refractivity (Wildman–Crippen MR) is 114 cm³/mol. The molecular weight excluding hydrogens is 420 g/mol. The predicted octanol–water partition coefficient (Wildman–Crippen LogP) is 4.28. The summed E-state index contributed by atoms with van der Waals surface area (Å²) in [6.45, 7) is 8.04. The van der Waals surface area contributed by atoms with E-state index in [1.54, 1.807) is 21.8 Å². The van der Waals surface area contributed by atoms with Crippen LogP contribution in [0.15, 0.2) is 63.7 Å². The Kier molecular flexibility index (Phi) is 7.06. The molecule has 0 saturated heterocycles. The molecule has 0 atom stereocenters. The number of hydrogen-bond acceptors (Lipinski definition) is 4. The molecule has 1 amide bonds. The fourth-order valence-corrected chi connectivity index (χ4v) is 3.42. The molecule has 0 aliphatic carbocycles. The summed E-state index contributed by atoms with van der Waals surface area (Å²) in [6.07, 6.45) is 3.58. The van der Waals surface area contributed by atoms with E-state index in [0.29, 0.717) is 24.6 Å². The molecule has 3 rings (SSSR count). The number of nitrogens with zero attached hydrogens (tertiary/aromatic N) is 4. The van der Waals surface area contributed by atoms with Crippen molar-refractivity contribution in [2.24, 2.45) is 0 Å². The van der Waals surface area contributed by atoms with E-state index in [2.05, 4.69) is 39.8 Å². The van der Waals surface area contributed by atoms with Gasteiger partial charge in [0.15, 0.2) is 5.76 Å². The molecule has 7 heteroatoms. The highest BCUT2D eigenvalue weighted by molar-refractivity contribution is 9.10. The molecule has 0 spiro atoms. The molecule has 0 radical (unpaired) electrons. The Morgan fingerprint density at radius 3 is 2.64 bits per heavy atom. The number of halogens is 1. The third kappa shape index (κ3) is 5.11. The molecule has 0 saturated carbocycles. The van der Waals surface area contributed by atoms with Gasteiger partial charge in [-0.2, -0.15) is 5.10 Å². The third-order valence-corrected chi connectivity index (χ3v) is 5.14. The van der Waals surface area contributed by atoms with Crippen LogP contribution in [-0.2, 0) is 6.54 Å². The van der Waals surface area contributed by atoms with Crippen molar-refractivity contribution in [1.29, 1.82) is 0 Å². The number of likely N-dealkylation sites (N-methyl/N-ethyl adjacent to an activating group) is 1. The Hall–Kier alpha value is -2.38. The number of furan rings is 1. The van der Waals surface area contributed by atoms with E-state index in [1.807, 2.05) is 42.6 Å². The van der Waals surface area contributed by atoms with Gasteiger partial charge in [0.2, 0.25) is 0 Å². The minimum atomic E-state index is -0.142. The number of aromatic nitrogens is 2. The van der Waals surface area contributed by atoms with Crippen molar-refractivity contribution in [3.8, 4) is 0 Å². The molecule has 6 nitrogen and oxygen atoms in total. The first-order chi connectivity index (χ1) is 13.6. The SMILES string of the molecule is CCN(CC)CCN(C(=O)c1ccc(Cn2cccn2)o1)c1cccc(Br)c1. The van der Waals surface area contributed by atoms with Crippen LogP contribution in [0.1, 0.15) is 30.2 Å². The average molecular weight is 445 g/mol. The van der Waals surface area contributed by atoms with E-state index in [4.69, 9.17) is 4.42 Å². The maximum Gasteiger partial charge on any atom is 0.294 e. The molecule has 0 aliphatic heterocycles. The maximum absolute atomic E-state index is 13.2. The Labute approximate surface area is 173 Å². The fraction of sp³-hybridized carbons (Fsp3) is 0.333. The number of anilines is 1. The van der Waals surface area contributed by atoms with Gasteiger partial charge >= 0.3 is 0 Å². The summed E-state index contributed by atoms with van der Waals surface area (Å²) in [6, 6.07) is 13.2. The lowest BCUT2D eigenvalue weighted by Gasteiger charge is -2.26. The maximum atomic E-state index is 13.2. The number of carbonyl (C=O) groups is 1. The van der Waals surface area contributed by atoms with Crippen LogP contribution in [0.4, 0.5) is 5.69 Å². The summed E-state index contributed by atoms with van der Waals surface area (Å²) in [5, 5.41) is 4.18. The number of benzene rings is 1. The highest BCUT2D eigenvalue weighted by atomic mass is 79.9. The molecule has 28 heavy (non-hydrogen) atoms. The zero-order chi connectivity index (χ0) is 19.9. The first-order valence-corrected chi connectivity index (χ1v) is 10.3. The van der Waals surface area contributed by atoms with E-state index in [0.717, 1.165) is 29.8 Å². The van der Waals surface area contributed by atoms with Gasteiger partial charge < -0.3 is 14.2 Å². The molecule has 0 fully saturated rings. The molecule has 148 valence electrons. The van der Waals surface area contributed by atoms with E-state index in [1.165, 1.54) is 0 Å². The molecule has 0 aliphatic rings. The Morgan fingerprint density at radius 1 is 1.14 bits per heavy atom. The van der Waals surface area contributed by atoms with Crippen LogP contribution in [0, 0.1) is 0 Å². The van der Waals surface area contributed by atoms with Crippen LogP contribution in [0.2, 0.25) is 0 Å². The van der Waals surface area contributed by atoms with Crippen molar-refractivity contribution in [3.05, 3.63) is 70.9 Å². The number of amides is 1. The van der Waals surface area contributed by atoms with Crippen molar-refractivity contribution >= 4 is 27.5 Å². The van der Waals surface area contributed by atoms with Crippen molar-refractivity contribution in [3.63, 3.8) is 0 Å². The minimum absolute atomic E-state index is 0.142. The minimum Gasteiger partial charge on any atom is -0.454 e. The molecule has 2 heterocycles. The monoisotopic (exact) mass is 444 g/mol. The molecule has 2 aromatic heterocycles. The standard InChI is InChI=1S/C21H25BrN4O2/c1-3-24(4-2)13-14-26(18-8-5-7-17(22)15-18)21(27)20-10-9-19(28-20)16-25-12-6-11-23-25/h5-12,15H,3-4,13-14,16H2,1-2H3. The van der Waals surface area contributed by atoms with Gasteiger partial charge in [0.1, 0.15) is 5.76 Å². The summed E-state index contributed by atoms with van der Waals surface area (Å²) in [7, 11) is 0. The number of hydrogen-bond donors (Lipinski definition) is 0. The van der Waals surface area contributed by atoms with Gasteiger partial charge in [-0.25, -0.2) is 0 Å². The Morgan fingerprint density at radius 2 is 1.96 bits per heavy atom. The second-order valence-electron chi connectivity index (χ2n) is 6.43. The van der Waals surface area contributed by atoms with Crippen LogP contribution in [0.25, 0.3) is 0 Å². The van der Waals surface area contributed by atoms with Crippen LogP contribution >= 0.6 is 15.9 Å². The van der Waals surface area contributed by atoms with Crippen molar-refractivity contribution in [1.82, 2.24) is 14.7 Å². The zero-order valence-corrected chi connectivity index (χ0v) is 17.8.